The molecule has 0 amide bonds. The van der Waals surface area contributed by atoms with Crippen molar-refractivity contribution in [1.82, 2.24) is 0 Å². The van der Waals surface area contributed by atoms with Gasteiger partial charge in [0, 0.05) is 6.07 Å². The summed E-state index contributed by atoms with van der Waals surface area (Å²) >= 11 is 0. The Kier molecular flexibility index (Phi) is 6.01. The Balaban J connectivity index is 1.79. The molecule has 2 aromatic carbocycles. The van der Waals surface area contributed by atoms with Gasteiger partial charge in [0.2, 0.25) is 17.4 Å². The van der Waals surface area contributed by atoms with E-state index >= 15 is 0 Å². The molecule has 1 aliphatic rings. The van der Waals surface area contributed by atoms with Crippen LogP contribution < -0.4 is 4.74 Å². The van der Waals surface area contributed by atoms with E-state index in [1.807, 2.05) is 0 Å². The molecule has 1 aliphatic carbocycles. The summed E-state index contributed by atoms with van der Waals surface area (Å²) in [5, 5.41) is 0. The summed E-state index contributed by atoms with van der Waals surface area (Å²) < 4.78 is 72.5. The minimum absolute atomic E-state index is 0.00928. The number of benzene rings is 2. The zero-order valence-corrected chi connectivity index (χ0v) is 15.2. The molecular weight excluding hydrogens is 379 g/mol. The largest absolute Gasteiger partial charge is 0.416 e. The van der Waals surface area contributed by atoms with E-state index in [1.165, 1.54) is 6.07 Å². The van der Waals surface area contributed by atoms with Gasteiger partial charge < -0.3 is 4.74 Å². The molecule has 0 spiro atoms. The minimum Gasteiger partial charge on any atom is -0.416 e. The van der Waals surface area contributed by atoms with Crippen LogP contribution in [0.1, 0.15) is 60.9 Å². The molecule has 7 heteroatoms. The van der Waals surface area contributed by atoms with Crippen LogP contribution in [0.5, 0.6) is 5.75 Å². The lowest BCUT2D eigenvalue weighted by atomic mass is 9.78. The SMILES string of the molecule is CCC1CCC(c2ccc(C(=O)Oc3c(F)c(F)cc(F)c3F)c(F)c2)CC1. The predicted octanol–water partition coefficient (Wildman–Crippen LogP) is 6.29. The number of hydrogen-bond acceptors (Lipinski definition) is 2. The summed E-state index contributed by atoms with van der Waals surface area (Å²) in [5.41, 5.74) is 0.159. The molecule has 1 fully saturated rings. The highest BCUT2D eigenvalue weighted by molar-refractivity contribution is 5.91. The van der Waals surface area contributed by atoms with E-state index in [0.717, 1.165) is 43.7 Å². The van der Waals surface area contributed by atoms with Gasteiger partial charge in [-0.2, -0.15) is 8.78 Å². The first-order valence-electron chi connectivity index (χ1n) is 9.16. The van der Waals surface area contributed by atoms with Crippen LogP contribution in [0.15, 0.2) is 24.3 Å². The molecule has 0 saturated heterocycles. The molecule has 0 radical (unpaired) electrons. The van der Waals surface area contributed by atoms with E-state index < -0.39 is 46.4 Å². The van der Waals surface area contributed by atoms with Gasteiger partial charge in [-0.15, -0.1) is 0 Å². The molecule has 0 unspecified atom stereocenters. The van der Waals surface area contributed by atoms with Gasteiger partial charge in [0.15, 0.2) is 11.6 Å². The Hall–Kier alpha value is -2.44. The predicted molar refractivity (Wildman–Crippen MR) is 92.6 cm³/mol. The summed E-state index contributed by atoms with van der Waals surface area (Å²) in [7, 11) is 0. The fourth-order valence-electron chi connectivity index (χ4n) is 3.64. The molecule has 2 aromatic rings. The zero-order chi connectivity index (χ0) is 20.4. The Morgan fingerprint density at radius 2 is 1.54 bits per heavy atom. The summed E-state index contributed by atoms with van der Waals surface area (Å²) in [6, 6.07) is 3.91. The van der Waals surface area contributed by atoms with E-state index in [1.54, 1.807) is 6.07 Å². The standard InChI is InChI=1S/C21H19F5O2/c1-2-11-3-5-12(6-4-11)13-7-8-14(15(22)9-13)21(27)28-20-18(25)16(23)10-17(24)19(20)26/h7-12H,2-6H2,1H3. The molecule has 0 aliphatic heterocycles. The van der Waals surface area contributed by atoms with E-state index in [-0.39, 0.29) is 12.0 Å². The van der Waals surface area contributed by atoms with Crippen LogP contribution in [0.4, 0.5) is 22.0 Å². The van der Waals surface area contributed by atoms with Gasteiger partial charge in [-0.3, -0.25) is 0 Å². The molecule has 0 atom stereocenters. The van der Waals surface area contributed by atoms with Crippen LogP contribution >= 0.6 is 0 Å². The third kappa shape index (κ3) is 4.03. The number of esters is 1. The van der Waals surface area contributed by atoms with E-state index in [9.17, 15) is 26.7 Å². The van der Waals surface area contributed by atoms with E-state index in [4.69, 9.17) is 0 Å². The van der Waals surface area contributed by atoms with Crippen LogP contribution in [0, 0.1) is 35.0 Å². The first-order chi connectivity index (χ1) is 13.3. The molecule has 3 rings (SSSR count). The van der Waals surface area contributed by atoms with Crippen LogP contribution in [0.2, 0.25) is 0 Å². The van der Waals surface area contributed by atoms with Crippen molar-refractivity contribution in [1.29, 1.82) is 0 Å². The molecule has 0 aromatic heterocycles. The number of carbonyl (C=O) groups excluding carboxylic acids is 1. The molecule has 150 valence electrons. The second kappa shape index (κ2) is 8.29. The topological polar surface area (TPSA) is 26.3 Å². The Labute approximate surface area is 159 Å². The van der Waals surface area contributed by atoms with Crippen LogP contribution in [-0.2, 0) is 0 Å². The van der Waals surface area contributed by atoms with Crippen molar-refractivity contribution in [2.24, 2.45) is 5.92 Å². The number of hydrogen-bond donors (Lipinski definition) is 0. The van der Waals surface area contributed by atoms with Crippen molar-refractivity contribution in [2.45, 2.75) is 44.9 Å². The van der Waals surface area contributed by atoms with Gasteiger partial charge in [-0.25, -0.2) is 18.0 Å². The van der Waals surface area contributed by atoms with Crippen molar-refractivity contribution in [3.05, 3.63) is 64.5 Å². The Morgan fingerprint density at radius 3 is 2.07 bits per heavy atom. The maximum absolute atomic E-state index is 14.4. The van der Waals surface area contributed by atoms with Gasteiger partial charge in [-0.1, -0.05) is 19.4 Å². The van der Waals surface area contributed by atoms with Gasteiger partial charge in [0.05, 0.1) is 5.56 Å². The highest BCUT2D eigenvalue weighted by atomic mass is 19.2. The lowest BCUT2D eigenvalue weighted by Crippen LogP contribution is -2.16. The van der Waals surface area contributed by atoms with Gasteiger partial charge >= 0.3 is 5.97 Å². The minimum atomic E-state index is -1.86. The van der Waals surface area contributed by atoms with Gasteiger partial charge in [-0.05, 0) is 55.2 Å². The lowest BCUT2D eigenvalue weighted by Gasteiger charge is -2.28. The molecule has 0 bridgehead atoms. The molecule has 0 N–H and O–H groups in total. The smallest absolute Gasteiger partial charge is 0.346 e. The van der Waals surface area contributed by atoms with Crippen LogP contribution in [0.25, 0.3) is 0 Å². The monoisotopic (exact) mass is 398 g/mol. The third-order valence-corrected chi connectivity index (χ3v) is 5.37. The molecular formula is C21H19F5O2. The first-order valence-corrected chi connectivity index (χ1v) is 9.16. The third-order valence-electron chi connectivity index (χ3n) is 5.37. The lowest BCUT2D eigenvalue weighted by molar-refractivity contribution is 0.0712. The fraction of sp³-hybridized carbons (Fsp3) is 0.381. The maximum atomic E-state index is 14.4. The Bertz CT molecular complexity index is 863. The Morgan fingerprint density at radius 1 is 0.929 bits per heavy atom. The molecule has 28 heavy (non-hydrogen) atoms. The van der Waals surface area contributed by atoms with E-state index in [2.05, 4.69) is 11.7 Å². The summed E-state index contributed by atoms with van der Waals surface area (Å²) in [6.07, 6.45) is 5.05. The second-order valence-electron chi connectivity index (χ2n) is 7.05. The normalized spacial score (nSPS) is 19.5. The number of halogens is 5. The van der Waals surface area contributed by atoms with Gasteiger partial charge in [0.1, 0.15) is 5.82 Å². The first kappa shape index (κ1) is 20.3. The highest BCUT2D eigenvalue weighted by Gasteiger charge is 2.26. The average molecular weight is 398 g/mol. The van der Waals surface area contributed by atoms with Crippen molar-refractivity contribution >= 4 is 5.97 Å². The van der Waals surface area contributed by atoms with Crippen LogP contribution in [-0.4, -0.2) is 5.97 Å². The maximum Gasteiger partial charge on any atom is 0.346 e. The quantitative estimate of drug-likeness (QED) is 0.262. The number of carbonyl (C=O) groups is 1. The highest BCUT2D eigenvalue weighted by Crippen LogP contribution is 2.37. The number of rotatable bonds is 4. The summed E-state index contributed by atoms with van der Waals surface area (Å²) in [4.78, 5) is 12.1. The van der Waals surface area contributed by atoms with Crippen LogP contribution in [0.3, 0.4) is 0 Å². The zero-order valence-electron chi connectivity index (χ0n) is 15.2. The molecule has 2 nitrogen and oxygen atoms in total. The summed E-state index contributed by atoms with van der Waals surface area (Å²) in [6.45, 7) is 2.14. The van der Waals surface area contributed by atoms with Crippen molar-refractivity contribution < 1.29 is 31.5 Å². The van der Waals surface area contributed by atoms with Crippen molar-refractivity contribution in [3.63, 3.8) is 0 Å². The fourth-order valence-corrected chi connectivity index (χ4v) is 3.64. The average Bonchev–Trinajstić information content (AvgIpc) is 2.69. The summed E-state index contributed by atoms with van der Waals surface area (Å²) in [5.74, 6) is -10.2. The molecule has 1 saturated carbocycles. The van der Waals surface area contributed by atoms with Gasteiger partial charge in [0.25, 0.3) is 0 Å². The van der Waals surface area contributed by atoms with E-state index in [0.29, 0.717) is 5.92 Å². The van der Waals surface area contributed by atoms with Crippen molar-refractivity contribution in [2.75, 3.05) is 0 Å². The molecule has 0 heterocycles. The second-order valence-corrected chi connectivity index (χ2v) is 7.05. The van der Waals surface area contributed by atoms with Crippen molar-refractivity contribution in [3.8, 4) is 5.75 Å². The number of ether oxygens (including phenoxy) is 1.